The molecule has 0 aromatic heterocycles. The minimum atomic E-state index is -0.150. The van der Waals surface area contributed by atoms with E-state index in [0.717, 1.165) is 17.4 Å². The Bertz CT molecular complexity index is 1180. The van der Waals surface area contributed by atoms with E-state index < -0.39 is 0 Å². The standard InChI is InChI=1S/C15H20FN.C13H12.C10H21N/c1-3-5-11(6-4-2)15-14-8-7-13(16)9-12(14)10-17-15;1-11-6-5-9-13(10-11)12-7-3-2-4-8-12;1-3-9-6-4-5-7-10(9)8-11-2/h7-9,11H,3-6,10H2,1-2H3;2-10H,1H3;9-11H,3-8H2,1-2H3. The van der Waals surface area contributed by atoms with Gasteiger partial charge >= 0.3 is 0 Å². The lowest BCUT2D eigenvalue weighted by Crippen LogP contribution is -2.28. The third-order valence-corrected chi connectivity index (χ3v) is 8.61. The van der Waals surface area contributed by atoms with Crippen molar-refractivity contribution >= 4 is 5.71 Å². The number of hydrogen-bond acceptors (Lipinski definition) is 2. The van der Waals surface area contributed by atoms with Crippen molar-refractivity contribution < 1.29 is 4.39 Å². The number of benzene rings is 3. The maximum atomic E-state index is 13.1. The average Bonchev–Trinajstić information content (AvgIpc) is 3.41. The Labute approximate surface area is 249 Å². The van der Waals surface area contributed by atoms with Crippen molar-refractivity contribution in [2.75, 3.05) is 13.6 Å². The fourth-order valence-corrected chi connectivity index (χ4v) is 6.47. The van der Waals surface area contributed by atoms with Crippen LogP contribution < -0.4 is 5.32 Å². The SMILES string of the molecule is CCC1CCCCC1CNC.CCCC(CCC)C1=NCc2cc(F)ccc21.Cc1cccc(-c2ccccc2)c1. The highest BCUT2D eigenvalue weighted by Crippen LogP contribution is 2.31. The molecule has 1 heterocycles. The maximum Gasteiger partial charge on any atom is 0.123 e. The molecule has 2 nitrogen and oxygen atoms in total. The van der Waals surface area contributed by atoms with Crippen molar-refractivity contribution in [3.05, 3.63) is 95.3 Å². The van der Waals surface area contributed by atoms with E-state index >= 15 is 0 Å². The summed E-state index contributed by atoms with van der Waals surface area (Å²) in [6, 6.07) is 24.1. The Kier molecular flexibility index (Phi) is 14.3. The zero-order chi connectivity index (χ0) is 29.5. The molecule has 2 aliphatic rings. The third-order valence-electron chi connectivity index (χ3n) is 8.61. The van der Waals surface area contributed by atoms with Crippen LogP contribution in [-0.2, 0) is 6.54 Å². The first kappa shape index (κ1) is 32.7. The van der Waals surface area contributed by atoms with Gasteiger partial charge in [0.05, 0.1) is 6.54 Å². The molecule has 2 unspecified atom stereocenters. The molecule has 0 amide bonds. The minimum absolute atomic E-state index is 0.150. The largest absolute Gasteiger partial charge is 0.319 e. The second kappa shape index (κ2) is 17.9. The van der Waals surface area contributed by atoms with Crippen LogP contribution in [0.4, 0.5) is 4.39 Å². The van der Waals surface area contributed by atoms with Crippen molar-refractivity contribution in [2.24, 2.45) is 22.7 Å². The van der Waals surface area contributed by atoms with Crippen molar-refractivity contribution in [3.8, 4) is 11.1 Å². The highest BCUT2D eigenvalue weighted by Gasteiger charge is 2.23. The quantitative estimate of drug-likeness (QED) is 0.278. The van der Waals surface area contributed by atoms with Crippen LogP contribution in [0.25, 0.3) is 11.1 Å². The molecule has 1 aliphatic carbocycles. The van der Waals surface area contributed by atoms with Gasteiger partial charge in [0, 0.05) is 17.2 Å². The number of aryl methyl sites for hydroxylation is 1. The molecule has 41 heavy (non-hydrogen) atoms. The number of rotatable bonds is 9. The van der Waals surface area contributed by atoms with Crippen LogP contribution in [-0.4, -0.2) is 19.3 Å². The number of nitrogens with zero attached hydrogens (tertiary/aromatic N) is 1. The van der Waals surface area contributed by atoms with Gasteiger partial charge in [-0.3, -0.25) is 4.99 Å². The molecule has 0 bridgehead atoms. The Morgan fingerprint density at radius 1 is 0.829 bits per heavy atom. The summed E-state index contributed by atoms with van der Waals surface area (Å²) in [6.45, 7) is 10.8. The molecule has 222 valence electrons. The first-order valence-corrected chi connectivity index (χ1v) is 16.1. The van der Waals surface area contributed by atoms with Gasteiger partial charge in [0.1, 0.15) is 5.82 Å². The van der Waals surface area contributed by atoms with E-state index in [1.165, 1.54) is 92.3 Å². The first-order valence-electron chi connectivity index (χ1n) is 16.1. The zero-order valence-electron chi connectivity index (χ0n) is 26.3. The molecular formula is C38H53FN2. The normalized spacial score (nSPS) is 17.6. The minimum Gasteiger partial charge on any atom is -0.319 e. The van der Waals surface area contributed by atoms with Crippen LogP contribution in [0.5, 0.6) is 0 Å². The molecule has 3 aromatic carbocycles. The highest BCUT2D eigenvalue weighted by molar-refractivity contribution is 6.05. The summed E-state index contributed by atoms with van der Waals surface area (Å²) in [5.74, 6) is 2.38. The van der Waals surface area contributed by atoms with E-state index in [1.54, 1.807) is 12.1 Å². The lowest BCUT2D eigenvalue weighted by atomic mass is 9.78. The van der Waals surface area contributed by atoms with Gasteiger partial charge in [-0.1, -0.05) is 119 Å². The fraction of sp³-hybridized carbons (Fsp3) is 0.500. The van der Waals surface area contributed by atoms with Gasteiger partial charge in [0.25, 0.3) is 0 Å². The van der Waals surface area contributed by atoms with Gasteiger partial charge in [-0.05, 0) is 86.5 Å². The van der Waals surface area contributed by atoms with Crippen LogP contribution >= 0.6 is 0 Å². The Morgan fingerprint density at radius 3 is 2.15 bits per heavy atom. The van der Waals surface area contributed by atoms with Crippen LogP contribution in [0, 0.1) is 30.5 Å². The fourth-order valence-electron chi connectivity index (χ4n) is 6.47. The summed E-state index contributed by atoms with van der Waals surface area (Å²) in [5.41, 5.74) is 7.33. The molecule has 2 atom stereocenters. The predicted octanol–water partition coefficient (Wildman–Crippen LogP) is 10.4. The van der Waals surface area contributed by atoms with Gasteiger partial charge in [-0.2, -0.15) is 0 Å². The van der Waals surface area contributed by atoms with Gasteiger partial charge in [0.2, 0.25) is 0 Å². The number of hydrogen-bond donors (Lipinski definition) is 1. The first-order chi connectivity index (χ1) is 20.0. The van der Waals surface area contributed by atoms with Gasteiger partial charge < -0.3 is 5.32 Å². The van der Waals surface area contributed by atoms with E-state index in [9.17, 15) is 4.39 Å². The van der Waals surface area contributed by atoms with Crippen molar-refractivity contribution in [2.45, 2.75) is 92.0 Å². The Hall–Kier alpha value is -2.78. The molecule has 0 saturated heterocycles. The van der Waals surface area contributed by atoms with Gasteiger partial charge in [0.15, 0.2) is 0 Å². The molecule has 1 aliphatic heterocycles. The van der Waals surface area contributed by atoms with E-state index in [1.807, 2.05) is 12.1 Å². The third kappa shape index (κ3) is 10.2. The summed E-state index contributed by atoms with van der Waals surface area (Å²) < 4.78 is 13.1. The number of nitrogens with one attached hydrogen (secondary N) is 1. The van der Waals surface area contributed by atoms with E-state index in [4.69, 9.17) is 0 Å². The monoisotopic (exact) mass is 556 g/mol. The Morgan fingerprint density at radius 2 is 1.51 bits per heavy atom. The van der Waals surface area contributed by atoms with Crippen molar-refractivity contribution in [1.82, 2.24) is 5.32 Å². The maximum absolute atomic E-state index is 13.1. The van der Waals surface area contributed by atoms with Crippen molar-refractivity contribution in [1.29, 1.82) is 0 Å². The van der Waals surface area contributed by atoms with Crippen molar-refractivity contribution in [3.63, 3.8) is 0 Å². The molecule has 3 aromatic rings. The smallest absolute Gasteiger partial charge is 0.123 e. The molecule has 1 saturated carbocycles. The van der Waals surface area contributed by atoms with Crippen LogP contribution in [0.1, 0.15) is 95.2 Å². The van der Waals surface area contributed by atoms with Crippen LogP contribution in [0.2, 0.25) is 0 Å². The van der Waals surface area contributed by atoms with E-state index in [0.29, 0.717) is 12.5 Å². The van der Waals surface area contributed by atoms with Crippen LogP contribution in [0.15, 0.2) is 77.8 Å². The van der Waals surface area contributed by atoms with Crippen LogP contribution in [0.3, 0.4) is 0 Å². The lowest BCUT2D eigenvalue weighted by Gasteiger charge is -2.30. The van der Waals surface area contributed by atoms with E-state index in [2.05, 4.69) is 93.6 Å². The van der Waals surface area contributed by atoms with E-state index in [-0.39, 0.29) is 5.82 Å². The molecule has 0 radical (unpaired) electrons. The second-order valence-electron chi connectivity index (χ2n) is 11.8. The predicted molar refractivity (Wildman–Crippen MR) is 176 cm³/mol. The summed E-state index contributed by atoms with van der Waals surface area (Å²) in [6.07, 6.45) is 12.0. The number of aliphatic imine (C=N–C) groups is 1. The van der Waals surface area contributed by atoms with Gasteiger partial charge in [-0.15, -0.1) is 0 Å². The molecular weight excluding hydrogens is 503 g/mol. The summed E-state index contributed by atoms with van der Waals surface area (Å²) in [7, 11) is 2.07. The molecule has 3 heteroatoms. The molecule has 5 rings (SSSR count). The number of halogens is 1. The summed E-state index contributed by atoms with van der Waals surface area (Å²) in [5, 5.41) is 3.30. The topological polar surface area (TPSA) is 24.4 Å². The molecule has 1 N–H and O–H groups in total. The summed E-state index contributed by atoms with van der Waals surface area (Å²) in [4.78, 5) is 4.63. The highest BCUT2D eigenvalue weighted by atomic mass is 19.1. The number of fused-ring (bicyclic) bond motifs is 1. The lowest BCUT2D eigenvalue weighted by molar-refractivity contribution is 0.227. The second-order valence-corrected chi connectivity index (χ2v) is 11.8. The Balaban J connectivity index is 0.000000174. The molecule has 0 spiro atoms. The molecule has 1 fully saturated rings. The average molecular weight is 557 g/mol. The summed E-state index contributed by atoms with van der Waals surface area (Å²) >= 11 is 0. The zero-order valence-corrected chi connectivity index (χ0v) is 26.3. The van der Waals surface area contributed by atoms with Gasteiger partial charge in [-0.25, -0.2) is 4.39 Å².